The van der Waals surface area contributed by atoms with Crippen LogP contribution in [0.15, 0.2) is 54.7 Å². The lowest BCUT2D eigenvalue weighted by atomic mass is 10.1. The summed E-state index contributed by atoms with van der Waals surface area (Å²) >= 11 is 0. The van der Waals surface area contributed by atoms with Gasteiger partial charge in [0.2, 0.25) is 5.91 Å². The Labute approximate surface area is 213 Å². The lowest BCUT2D eigenvalue weighted by Gasteiger charge is -2.28. The Kier molecular flexibility index (Phi) is 11.9. The fraction of sp³-hybridized carbons (Fsp3) is 0.481. The summed E-state index contributed by atoms with van der Waals surface area (Å²) in [6, 6.07) is 14.0. The molecule has 0 saturated carbocycles. The summed E-state index contributed by atoms with van der Waals surface area (Å²) in [6.45, 7) is 7.40. The molecule has 2 rings (SSSR count). The van der Waals surface area contributed by atoms with E-state index in [9.17, 15) is 14.4 Å². The van der Waals surface area contributed by atoms with Crippen LogP contribution in [0.5, 0.6) is 0 Å². The molecular formula is C27H38N4O5. The maximum atomic E-state index is 13.4. The van der Waals surface area contributed by atoms with Crippen LogP contribution >= 0.6 is 0 Å². The first-order valence-electron chi connectivity index (χ1n) is 12.3. The van der Waals surface area contributed by atoms with Crippen LogP contribution in [0.2, 0.25) is 0 Å². The zero-order valence-corrected chi connectivity index (χ0v) is 21.7. The molecule has 0 saturated heterocycles. The molecule has 0 bridgehead atoms. The Hall–Kier alpha value is -3.46. The molecule has 3 amide bonds. The molecule has 0 fully saturated rings. The fourth-order valence-corrected chi connectivity index (χ4v) is 3.27. The largest absolute Gasteiger partial charge is 0.444 e. The molecule has 0 radical (unpaired) electrons. The van der Waals surface area contributed by atoms with Crippen molar-refractivity contribution < 1.29 is 24.0 Å². The monoisotopic (exact) mass is 498 g/mol. The number of hydrogen-bond donors (Lipinski definition) is 2. The van der Waals surface area contributed by atoms with E-state index in [0.717, 1.165) is 22.7 Å². The molecule has 2 N–H and O–H groups in total. The number of aromatic nitrogens is 1. The predicted octanol–water partition coefficient (Wildman–Crippen LogP) is 3.78. The lowest BCUT2D eigenvalue weighted by Crippen LogP contribution is -2.51. The number of nitrogens with zero attached hydrogens (tertiary/aromatic N) is 2. The molecule has 1 heterocycles. The Morgan fingerprint density at radius 1 is 1.06 bits per heavy atom. The number of unbranched alkanes of at least 4 members (excludes halogenated alkanes) is 1. The average Bonchev–Trinajstić information content (AvgIpc) is 2.84. The third kappa shape index (κ3) is 11.3. The summed E-state index contributed by atoms with van der Waals surface area (Å²) in [6.07, 6.45) is 3.49. The highest BCUT2D eigenvalue weighted by Crippen LogP contribution is 2.11. The molecule has 9 nitrogen and oxygen atoms in total. The lowest BCUT2D eigenvalue weighted by molar-refractivity contribution is -0.195. The molecule has 36 heavy (non-hydrogen) atoms. The van der Waals surface area contributed by atoms with Crippen LogP contribution in [0.25, 0.3) is 0 Å². The number of ether oxygens (including phenoxy) is 1. The van der Waals surface area contributed by atoms with E-state index < -0.39 is 23.6 Å². The zero-order valence-electron chi connectivity index (χ0n) is 21.7. The number of benzene rings is 1. The molecule has 0 spiro atoms. The van der Waals surface area contributed by atoms with E-state index in [0.29, 0.717) is 25.8 Å². The van der Waals surface area contributed by atoms with Crippen LogP contribution in [0.1, 0.15) is 58.2 Å². The van der Waals surface area contributed by atoms with Gasteiger partial charge in [-0.3, -0.25) is 19.4 Å². The molecule has 2 aromatic rings. The summed E-state index contributed by atoms with van der Waals surface area (Å²) in [5, 5.41) is 6.48. The van der Waals surface area contributed by atoms with Crippen LogP contribution in [0, 0.1) is 0 Å². The minimum absolute atomic E-state index is 0.0979. The van der Waals surface area contributed by atoms with Gasteiger partial charge in [0.1, 0.15) is 24.8 Å². The Bertz CT molecular complexity index is 948. The molecule has 0 unspecified atom stereocenters. The second-order valence-corrected chi connectivity index (χ2v) is 9.40. The normalized spacial score (nSPS) is 11.9. The smallest absolute Gasteiger partial charge is 0.408 e. The van der Waals surface area contributed by atoms with Gasteiger partial charge >= 0.3 is 6.09 Å². The summed E-state index contributed by atoms with van der Waals surface area (Å²) in [4.78, 5) is 48.6. The summed E-state index contributed by atoms with van der Waals surface area (Å²) in [5.41, 5.74) is 0.989. The van der Waals surface area contributed by atoms with E-state index in [2.05, 4.69) is 15.6 Å². The van der Waals surface area contributed by atoms with E-state index >= 15 is 0 Å². The van der Waals surface area contributed by atoms with Crippen molar-refractivity contribution in [3.05, 3.63) is 66.0 Å². The van der Waals surface area contributed by atoms with Crippen molar-refractivity contribution in [3.8, 4) is 0 Å². The third-order valence-corrected chi connectivity index (χ3v) is 5.03. The van der Waals surface area contributed by atoms with Gasteiger partial charge in [0.05, 0.1) is 0 Å². The third-order valence-electron chi connectivity index (χ3n) is 5.03. The fourth-order valence-electron chi connectivity index (χ4n) is 3.27. The number of alkyl carbamates (subject to hydrolysis) is 1. The number of pyridine rings is 1. The number of carbonyl (C=O) groups is 3. The highest BCUT2D eigenvalue weighted by atomic mass is 16.7. The van der Waals surface area contributed by atoms with Crippen molar-refractivity contribution in [3.63, 3.8) is 0 Å². The molecule has 0 aliphatic rings. The van der Waals surface area contributed by atoms with Crippen molar-refractivity contribution in [2.45, 2.75) is 71.6 Å². The topological polar surface area (TPSA) is 110 Å². The van der Waals surface area contributed by atoms with Gasteiger partial charge in [-0.1, -0.05) is 56.2 Å². The molecule has 1 aromatic heterocycles. The van der Waals surface area contributed by atoms with E-state index in [1.54, 1.807) is 27.0 Å². The summed E-state index contributed by atoms with van der Waals surface area (Å²) in [7, 11) is 0. The maximum Gasteiger partial charge on any atom is 0.408 e. The van der Waals surface area contributed by atoms with Crippen LogP contribution < -0.4 is 10.6 Å². The van der Waals surface area contributed by atoms with Crippen LogP contribution in [0.4, 0.5) is 4.79 Å². The van der Waals surface area contributed by atoms with E-state index in [1.807, 2.05) is 55.5 Å². The van der Waals surface area contributed by atoms with Crippen molar-refractivity contribution in [1.29, 1.82) is 0 Å². The molecular weight excluding hydrogens is 460 g/mol. The van der Waals surface area contributed by atoms with Gasteiger partial charge in [-0.25, -0.2) is 9.86 Å². The minimum Gasteiger partial charge on any atom is -0.444 e. The molecule has 196 valence electrons. The van der Waals surface area contributed by atoms with Crippen LogP contribution in [-0.4, -0.2) is 52.7 Å². The number of carbonyl (C=O) groups excluding carboxylic acids is 3. The van der Waals surface area contributed by atoms with Crippen molar-refractivity contribution in [1.82, 2.24) is 20.7 Å². The first-order valence-corrected chi connectivity index (χ1v) is 12.3. The van der Waals surface area contributed by atoms with Crippen LogP contribution in [-0.2, 0) is 32.2 Å². The first kappa shape index (κ1) is 28.8. The zero-order chi connectivity index (χ0) is 26.4. The van der Waals surface area contributed by atoms with Gasteiger partial charge in [-0.05, 0) is 44.9 Å². The highest BCUT2D eigenvalue weighted by molar-refractivity contribution is 5.88. The quantitative estimate of drug-likeness (QED) is 0.407. The number of hydrogen-bond acceptors (Lipinski definition) is 6. The second-order valence-electron chi connectivity index (χ2n) is 9.40. The summed E-state index contributed by atoms with van der Waals surface area (Å²) in [5.74, 6) is -0.885. The number of hydroxylamine groups is 2. The second kappa shape index (κ2) is 14.8. The van der Waals surface area contributed by atoms with Gasteiger partial charge in [-0.15, -0.1) is 0 Å². The molecule has 1 aromatic carbocycles. The van der Waals surface area contributed by atoms with Gasteiger partial charge in [0, 0.05) is 24.9 Å². The van der Waals surface area contributed by atoms with Gasteiger partial charge in [0.15, 0.2) is 0 Å². The Morgan fingerprint density at radius 2 is 1.78 bits per heavy atom. The van der Waals surface area contributed by atoms with Crippen molar-refractivity contribution in [2.75, 3.05) is 13.1 Å². The molecule has 9 heteroatoms. The standard InChI is InChI=1S/C27H38N4O5/c1-5-6-15-23(30-26(34)36-27(2,3)4)25(33)31(35-20-21-12-8-7-9-13-21)19-24(32)29-18-16-22-14-10-11-17-28-22/h7-14,17,23H,5-6,15-16,18-20H2,1-4H3,(H,29,32)(H,30,34)/t23-/m0/s1. The van der Waals surface area contributed by atoms with Crippen molar-refractivity contribution >= 4 is 17.9 Å². The van der Waals surface area contributed by atoms with Gasteiger partial charge in [-0.2, -0.15) is 0 Å². The van der Waals surface area contributed by atoms with Gasteiger partial charge < -0.3 is 15.4 Å². The molecule has 1 atom stereocenters. The van der Waals surface area contributed by atoms with E-state index in [1.165, 1.54) is 0 Å². The maximum absolute atomic E-state index is 13.4. The Balaban J connectivity index is 2.08. The molecule has 0 aliphatic carbocycles. The Morgan fingerprint density at radius 3 is 2.42 bits per heavy atom. The van der Waals surface area contributed by atoms with Crippen LogP contribution in [0.3, 0.4) is 0 Å². The highest BCUT2D eigenvalue weighted by Gasteiger charge is 2.30. The average molecular weight is 499 g/mol. The minimum atomic E-state index is -0.892. The number of rotatable bonds is 13. The SMILES string of the molecule is CCCC[C@H](NC(=O)OC(C)(C)C)C(=O)N(CC(=O)NCCc1ccccn1)OCc1ccccc1. The van der Waals surface area contributed by atoms with E-state index in [4.69, 9.17) is 9.57 Å². The summed E-state index contributed by atoms with van der Waals surface area (Å²) < 4.78 is 5.34. The number of amides is 3. The van der Waals surface area contributed by atoms with Gasteiger partial charge in [0.25, 0.3) is 5.91 Å². The number of nitrogens with one attached hydrogen (secondary N) is 2. The predicted molar refractivity (Wildman–Crippen MR) is 137 cm³/mol. The molecule has 0 aliphatic heterocycles. The van der Waals surface area contributed by atoms with E-state index in [-0.39, 0.29) is 19.1 Å². The first-order chi connectivity index (χ1) is 17.2. The van der Waals surface area contributed by atoms with Crippen molar-refractivity contribution in [2.24, 2.45) is 0 Å².